The van der Waals surface area contributed by atoms with Crippen molar-refractivity contribution in [2.45, 2.75) is 25.9 Å². The van der Waals surface area contributed by atoms with Crippen LogP contribution in [0.4, 0.5) is 0 Å². The summed E-state index contributed by atoms with van der Waals surface area (Å²) in [5, 5.41) is 23.8. The molecule has 1 atom stereocenters. The quantitative estimate of drug-likeness (QED) is 0.409. The summed E-state index contributed by atoms with van der Waals surface area (Å²) in [6.45, 7) is 3.39. The van der Waals surface area contributed by atoms with Crippen LogP contribution < -0.4 is 0 Å². The summed E-state index contributed by atoms with van der Waals surface area (Å²) >= 11 is 0. The minimum atomic E-state index is -3.92. The second-order valence-corrected chi connectivity index (χ2v) is 8.57. The number of carbonyl (C=O) groups is 1. The Labute approximate surface area is 163 Å². The summed E-state index contributed by atoms with van der Waals surface area (Å²) in [7, 11) is -3.92. The summed E-state index contributed by atoms with van der Waals surface area (Å²) in [6, 6.07) is 14.8. The van der Waals surface area contributed by atoms with E-state index in [-0.39, 0.29) is 25.4 Å². The molecule has 3 aromatic rings. The highest BCUT2D eigenvalue weighted by atomic mass is 31.2. The second-order valence-electron chi connectivity index (χ2n) is 6.35. The van der Waals surface area contributed by atoms with Crippen LogP contribution in [-0.2, 0) is 24.8 Å². The highest BCUT2D eigenvalue weighted by molar-refractivity contribution is 7.55. The molecule has 0 saturated carbocycles. The van der Waals surface area contributed by atoms with E-state index in [1.54, 1.807) is 26.0 Å². The van der Waals surface area contributed by atoms with Crippen LogP contribution in [0.1, 0.15) is 19.4 Å². The van der Waals surface area contributed by atoms with Gasteiger partial charge in [-0.05, 0) is 30.0 Å². The molecule has 7 heteroatoms. The number of fused-ring (bicyclic) bond motifs is 3. The first-order chi connectivity index (χ1) is 13.4. The summed E-state index contributed by atoms with van der Waals surface area (Å²) in [4.78, 5) is 12.0. The van der Waals surface area contributed by atoms with Crippen LogP contribution in [0.5, 0.6) is 5.75 Å². The van der Waals surface area contributed by atoms with E-state index in [1.807, 2.05) is 36.4 Å². The van der Waals surface area contributed by atoms with Gasteiger partial charge in [0.2, 0.25) is 0 Å². The molecular formula is C21H23O6P. The number of phenols is 1. The number of phenolic OH excluding ortho intramolecular Hbond substituents is 1. The molecule has 0 fully saturated rings. The van der Waals surface area contributed by atoms with Gasteiger partial charge < -0.3 is 19.3 Å². The lowest BCUT2D eigenvalue weighted by Crippen LogP contribution is -2.26. The number of carboxylic acids is 1. The van der Waals surface area contributed by atoms with Crippen molar-refractivity contribution in [2.75, 3.05) is 13.2 Å². The minimum absolute atomic E-state index is 0.0138. The van der Waals surface area contributed by atoms with Gasteiger partial charge in [0.05, 0.1) is 13.2 Å². The fraction of sp³-hybridized carbons (Fsp3) is 0.286. The molecule has 0 radical (unpaired) electrons. The van der Waals surface area contributed by atoms with Crippen LogP contribution >= 0.6 is 7.60 Å². The van der Waals surface area contributed by atoms with Gasteiger partial charge in [-0.25, -0.2) is 0 Å². The van der Waals surface area contributed by atoms with Gasteiger partial charge >= 0.3 is 13.6 Å². The molecule has 0 saturated heterocycles. The van der Waals surface area contributed by atoms with E-state index in [2.05, 4.69) is 0 Å². The van der Waals surface area contributed by atoms with Crippen molar-refractivity contribution >= 4 is 35.1 Å². The fourth-order valence-electron chi connectivity index (χ4n) is 3.51. The average molecular weight is 402 g/mol. The van der Waals surface area contributed by atoms with Crippen LogP contribution in [0.25, 0.3) is 21.5 Å². The smallest absolute Gasteiger partial charge is 0.345 e. The lowest BCUT2D eigenvalue weighted by atomic mass is 9.93. The lowest BCUT2D eigenvalue weighted by molar-refractivity contribution is -0.137. The molecule has 0 heterocycles. The molecule has 0 aromatic heterocycles. The molecule has 3 rings (SSSR count). The highest BCUT2D eigenvalue weighted by Gasteiger charge is 2.42. The van der Waals surface area contributed by atoms with Crippen LogP contribution in [0.15, 0.2) is 48.5 Å². The summed E-state index contributed by atoms with van der Waals surface area (Å²) in [6.07, 6.45) is -0.177. The molecule has 1 unspecified atom stereocenters. The van der Waals surface area contributed by atoms with Crippen molar-refractivity contribution in [1.82, 2.24) is 0 Å². The van der Waals surface area contributed by atoms with Gasteiger partial charge in [0.1, 0.15) is 5.75 Å². The molecule has 0 aliphatic rings. The number of hydrogen-bond acceptors (Lipinski definition) is 5. The molecule has 3 aromatic carbocycles. The minimum Gasteiger partial charge on any atom is -0.507 e. The molecule has 148 valence electrons. The maximum atomic E-state index is 13.2. The number of aliphatic carboxylic acids is 1. The Balaban J connectivity index is 2.22. The first kappa shape index (κ1) is 20.3. The van der Waals surface area contributed by atoms with Crippen molar-refractivity contribution in [2.24, 2.45) is 0 Å². The van der Waals surface area contributed by atoms with Crippen LogP contribution in [-0.4, -0.2) is 35.1 Å². The van der Waals surface area contributed by atoms with Crippen molar-refractivity contribution < 1.29 is 28.6 Å². The molecule has 0 aliphatic carbocycles. The Morgan fingerprint density at radius 3 is 1.89 bits per heavy atom. The van der Waals surface area contributed by atoms with E-state index in [0.29, 0.717) is 16.3 Å². The molecule has 6 nitrogen and oxygen atoms in total. The van der Waals surface area contributed by atoms with E-state index in [0.717, 1.165) is 10.8 Å². The lowest BCUT2D eigenvalue weighted by Gasteiger charge is -2.24. The third kappa shape index (κ3) is 3.63. The Hall–Kier alpha value is -2.40. The van der Waals surface area contributed by atoms with Crippen molar-refractivity contribution in [3.8, 4) is 5.75 Å². The predicted molar refractivity (Wildman–Crippen MR) is 109 cm³/mol. The van der Waals surface area contributed by atoms with Gasteiger partial charge in [0, 0.05) is 17.4 Å². The van der Waals surface area contributed by atoms with Crippen LogP contribution in [0.3, 0.4) is 0 Å². The number of benzene rings is 3. The first-order valence-electron chi connectivity index (χ1n) is 9.15. The van der Waals surface area contributed by atoms with Crippen LogP contribution in [0.2, 0.25) is 0 Å². The largest absolute Gasteiger partial charge is 0.507 e. The molecule has 0 aliphatic heterocycles. The average Bonchev–Trinajstić information content (AvgIpc) is 2.68. The first-order valence-corrected chi connectivity index (χ1v) is 10.8. The van der Waals surface area contributed by atoms with Gasteiger partial charge in [-0.1, -0.05) is 48.5 Å². The topological polar surface area (TPSA) is 93.1 Å². The number of carboxylic acid groups (broad SMARTS) is 1. The highest BCUT2D eigenvalue weighted by Crippen LogP contribution is 2.55. The van der Waals surface area contributed by atoms with Gasteiger partial charge in [-0.3, -0.25) is 9.36 Å². The number of rotatable bonds is 8. The Morgan fingerprint density at radius 2 is 1.39 bits per heavy atom. The Bertz CT molecular complexity index is 1050. The maximum absolute atomic E-state index is 13.2. The fourth-order valence-corrected chi connectivity index (χ4v) is 5.34. The van der Waals surface area contributed by atoms with Crippen molar-refractivity contribution in [3.63, 3.8) is 0 Å². The van der Waals surface area contributed by atoms with E-state index < -0.39 is 19.2 Å². The molecule has 0 bridgehead atoms. The maximum Gasteiger partial charge on any atom is 0.345 e. The van der Waals surface area contributed by atoms with Gasteiger partial charge in [-0.15, -0.1) is 0 Å². The monoisotopic (exact) mass is 402 g/mol. The number of aromatic hydroxyl groups is 1. The zero-order chi connectivity index (χ0) is 20.3. The SMILES string of the molecule is CCOP(=O)(OCC)C(Cc1c(O)c2ccccc2c2ccccc12)C(=O)O. The zero-order valence-corrected chi connectivity index (χ0v) is 16.7. The number of hydrogen-bond donors (Lipinski definition) is 2. The molecular weight excluding hydrogens is 379 g/mol. The van der Waals surface area contributed by atoms with Gasteiger partial charge in [0.25, 0.3) is 0 Å². The van der Waals surface area contributed by atoms with Gasteiger partial charge in [0.15, 0.2) is 5.66 Å². The second kappa shape index (κ2) is 8.31. The Kier molecular flexibility index (Phi) is 6.04. The zero-order valence-electron chi connectivity index (χ0n) is 15.8. The third-order valence-electron chi connectivity index (χ3n) is 4.69. The molecule has 2 N–H and O–H groups in total. The van der Waals surface area contributed by atoms with Crippen molar-refractivity contribution in [1.29, 1.82) is 0 Å². The van der Waals surface area contributed by atoms with Gasteiger partial charge in [-0.2, -0.15) is 0 Å². The van der Waals surface area contributed by atoms with E-state index in [4.69, 9.17) is 9.05 Å². The standard InChI is InChI=1S/C21H23O6P/c1-3-26-28(25,27-4-2)19(21(23)24)13-18-16-11-6-5-9-14(16)15-10-7-8-12-17(15)20(18)22/h5-12,19,22H,3-4,13H2,1-2H3,(H,23,24). The molecule has 0 spiro atoms. The normalized spacial score (nSPS) is 13.1. The van der Waals surface area contributed by atoms with E-state index in [1.165, 1.54) is 0 Å². The molecule has 28 heavy (non-hydrogen) atoms. The van der Waals surface area contributed by atoms with E-state index in [9.17, 15) is 19.6 Å². The van der Waals surface area contributed by atoms with Crippen LogP contribution in [0, 0.1) is 0 Å². The third-order valence-corrected chi connectivity index (χ3v) is 7.10. The summed E-state index contributed by atoms with van der Waals surface area (Å²) in [5.74, 6) is -1.30. The van der Waals surface area contributed by atoms with E-state index >= 15 is 0 Å². The summed E-state index contributed by atoms with van der Waals surface area (Å²) < 4.78 is 23.7. The molecule has 0 amide bonds. The Morgan fingerprint density at radius 1 is 0.929 bits per heavy atom. The summed E-state index contributed by atoms with van der Waals surface area (Å²) in [5.41, 5.74) is -1.01. The van der Waals surface area contributed by atoms with Crippen molar-refractivity contribution in [3.05, 3.63) is 54.1 Å². The predicted octanol–water partition coefficient (Wildman–Crippen LogP) is 4.96.